The molecule has 3 aromatic rings. The van der Waals surface area contributed by atoms with Crippen LogP contribution in [0.2, 0.25) is 0 Å². The Kier molecular flexibility index (Phi) is 7.01. The summed E-state index contributed by atoms with van der Waals surface area (Å²) < 4.78 is 21.9. The Labute approximate surface area is 199 Å². The second kappa shape index (κ2) is 10.1. The van der Waals surface area contributed by atoms with Crippen molar-refractivity contribution in [1.82, 2.24) is 14.4 Å². The van der Waals surface area contributed by atoms with Gasteiger partial charge in [-0.3, -0.25) is 9.59 Å². The maximum atomic E-state index is 14.8. The summed E-state index contributed by atoms with van der Waals surface area (Å²) in [6.07, 6.45) is 1.35. The Bertz CT molecular complexity index is 1180. The van der Waals surface area contributed by atoms with Crippen LogP contribution >= 0.6 is 0 Å². The molecule has 178 valence electrons. The molecule has 0 atom stereocenters. The lowest BCUT2D eigenvalue weighted by Crippen LogP contribution is -2.50. The number of aromatic nitrogens is 1. The van der Waals surface area contributed by atoms with Gasteiger partial charge in [0.1, 0.15) is 11.6 Å². The highest BCUT2D eigenvalue weighted by atomic mass is 19.1. The lowest BCUT2D eigenvalue weighted by atomic mass is 10.1. The van der Waals surface area contributed by atoms with Gasteiger partial charge in [0.2, 0.25) is 5.91 Å². The van der Waals surface area contributed by atoms with Crippen LogP contribution < -0.4 is 4.74 Å². The third kappa shape index (κ3) is 4.55. The van der Waals surface area contributed by atoms with Crippen LogP contribution in [0.5, 0.6) is 5.75 Å². The van der Waals surface area contributed by atoms with E-state index in [4.69, 9.17) is 4.74 Å². The van der Waals surface area contributed by atoms with E-state index in [1.807, 2.05) is 49.1 Å². The lowest BCUT2D eigenvalue weighted by Gasteiger charge is -2.34. The van der Waals surface area contributed by atoms with Gasteiger partial charge < -0.3 is 19.1 Å². The van der Waals surface area contributed by atoms with E-state index in [9.17, 15) is 14.0 Å². The molecule has 34 heavy (non-hydrogen) atoms. The zero-order valence-electron chi connectivity index (χ0n) is 19.9. The average Bonchev–Trinajstić information content (AvgIpc) is 3.21. The molecule has 1 fully saturated rings. The fraction of sp³-hybridized carbons (Fsp3) is 0.333. The van der Waals surface area contributed by atoms with Gasteiger partial charge in [-0.05, 0) is 61.4 Å². The maximum absolute atomic E-state index is 14.8. The number of piperazine rings is 1. The summed E-state index contributed by atoms with van der Waals surface area (Å²) in [4.78, 5) is 29.4. The van der Waals surface area contributed by atoms with E-state index in [-0.39, 0.29) is 17.6 Å². The second-order valence-corrected chi connectivity index (χ2v) is 8.47. The molecule has 0 saturated carbocycles. The number of methoxy groups -OCH3 is 1. The van der Waals surface area contributed by atoms with E-state index >= 15 is 0 Å². The summed E-state index contributed by atoms with van der Waals surface area (Å²) in [6.45, 7) is 5.85. The first-order valence-corrected chi connectivity index (χ1v) is 11.6. The van der Waals surface area contributed by atoms with E-state index in [1.165, 1.54) is 6.07 Å². The summed E-state index contributed by atoms with van der Waals surface area (Å²) in [5, 5.41) is 0. The van der Waals surface area contributed by atoms with Crippen molar-refractivity contribution in [2.75, 3.05) is 33.3 Å². The highest BCUT2D eigenvalue weighted by molar-refractivity contribution is 5.97. The molecule has 1 aliphatic heterocycles. The summed E-state index contributed by atoms with van der Waals surface area (Å²) in [5.41, 5.74) is 3.17. The minimum absolute atomic E-state index is 0.107. The Morgan fingerprint density at radius 2 is 1.62 bits per heavy atom. The van der Waals surface area contributed by atoms with Crippen molar-refractivity contribution < 1.29 is 18.7 Å². The van der Waals surface area contributed by atoms with Gasteiger partial charge in [-0.15, -0.1) is 0 Å². The largest absolute Gasteiger partial charge is 0.497 e. The minimum Gasteiger partial charge on any atom is -0.497 e. The van der Waals surface area contributed by atoms with Crippen molar-refractivity contribution in [2.24, 2.45) is 0 Å². The van der Waals surface area contributed by atoms with Gasteiger partial charge >= 0.3 is 0 Å². The van der Waals surface area contributed by atoms with Gasteiger partial charge in [0, 0.05) is 38.3 Å². The number of ether oxygens (including phenoxy) is 1. The number of benzene rings is 2. The number of para-hydroxylation sites is 1. The topological polar surface area (TPSA) is 54.8 Å². The molecule has 0 spiro atoms. The smallest absolute Gasteiger partial charge is 0.255 e. The van der Waals surface area contributed by atoms with E-state index in [1.54, 1.807) is 34.8 Å². The third-order valence-corrected chi connectivity index (χ3v) is 6.34. The molecule has 1 saturated heterocycles. The molecule has 2 amide bonds. The van der Waals surface area contributed by atoms with Crippen molar-refractivity contribution in [3.63, 3.8) is 0 Å². The monoisotopic (exact) mass is 463 g/mol. The van der Waals surface area contributed by atoms with E-state index in [0.29, 0.717) is 49.5 Å². The van der Waals surface area contributed by atoms with Crippen molar-refractivity contribution in [1.29, 1.82) is 0 Å². The average molecular weight is 464 g/mol. The van der Waals surface area contributed by atoms with Crippen LogP contribution in [0, 0.1) is 12.7 Å². The Balaban J connectivity index is 1.69. The zero-order valence-corrected chi connectivity index (χ0v) is 19.9. The van der Waals surface area contributed by atoms with Crippen molar-refractivity contribution in [3.8, 4) is 22.7 Å². The van der Waals surface area contributed by atoms with Gasteiger partial charge in [0.05, 0.1) is 24.1 Å². The predicted octanol–water partition coefficient (Wildman–Crippen LogP) is 4.68. The molecule has 7 heteroatoms. The fourth-order valence-corrected chi connectivity index (χ4v) is 4.44. The van der Waals surface area contributed by atoms with E-state index in [0.717, 1.165) is 23.4 Å². The fourth-order valence-electron chi connectivity index (χ4n) is 4.44. The SMILES string of the molecule is CCCC(=O)N1CCN(C(=O)c2cc(-c3ccc(OC)cc3)n(-c3ccccc3F)c2C)CC1. The van der Waals surface area contributed by atoms with Crippen molar-refractivity contribution in [3.05, 3.63) is 71.7 Å². The first-order chi connectivity index (χ1) is 16.4. The number of hydrogen-bond acceptors (Lipinski definition) is 3. The second-order valence-electron chi connectivity index (χ2n) is 8.47. The number of amides is 2. The number of carbonyl (C=O) groups is 2. The number of hydrogen-bond donors (Lipinski definition) is 0. The van der Waals surface area contributed by atoms with Gasteiger partial charge in [0.15, 0.2) is 0 Å². The summed E-state index contributed by atoms with van der Waals surface area (Å²) in [6, 6.07) is 15.9. The van der Waals surface area contributed by atoms with Gasteiger partial charge in [-0.2, -0.15) is 0 Å². The van der Waals surface area contributed by atoms with Crippen LogP contribution in [0.1, 0.15) is 35.8 Å². The minimum atomic E-state index is -0.363. The van der Waals surface area contributed by atoms with Crippen LogP contribution in [-0.4, -0.2) is 59.5 Å². The first kappa shape index (κ1) is 23.5. The number of halogens is 1. The van der Waals surface area contributed by atoms with E-state index < -0.39 is 0 Å². The Hall–Kier alpha value is -3.61. The zero-order chi connectivity index (χ0) is 24.2. The molecule has 0 aliphatic carbocycles. The highest BCUT2D eigenvalue weighted by Crippen LogP contribution is 2.32. The Morgan fingerprint density at radius 3 is 2.24 bits per heavy atom. The molecule has 6 nitrogen and oxygen atoms in total. The lowest BCUT2D eigenvalue weighted by molar-refractivity contribution is -0.132. The standard InChI is InChI=1S/C27H30FN3O3/c1-4-7-26(32)29-14-16-30(17-15-29)27(33)22-18-25(20-10-12-21(34-3)13-11-20)31(19(22)2)24-9-6-5-8-23(24)28/h5-6,8-13,18H,4,7,14-17H2,1-3H3. The normalized spacial score (nSPS) is 13.8. The van der Waals surface area contributed by atoms with Gasteiger partial charge in [-0.25, -0.2) is 4.39 Å². The summed E-state index contributed by atoms with van der Waals surface area (Å²) >= 11 is 0. The molecule has 1 aliphatic rings. The molecule has 0 unspecified atom stereocenters. The molecular formula is C27H30FN3O3. The van der Waals surface area contributed by atoms with Crippen molar-refractivity contribution >= 4 is 11.8 Å². The number of nitrogens with zero attached hydrogens (tertiary/aromatic N) is 3. The predicted molar refractivity (Wildman–Crippen MR) is 130 cm³/mol. The van der Waals surface area contributed by atoms with Crippen LogP contribution in [0.15, 0.2) is 54.6 Å². The molecule has 1 aromatic heterocycles. The van der Waals surface area contributed by atoms with Crippen LogP contribution in [0.3, 0.4) is 0 Å². The quantitative estimate of drug-likeness (QED) is 0.533. The van der Waals surface area contributed by atoms with Crippen LogP contribution in [-0.2, 0) is 4.79 Å². The molecule has 0 radical (unpaired) electrons. The Morgan fingerprint density at radius 1 is 0.971 bits per heavy atom. The molecule has 2 aromatic carbocycles. The third-order valence-electron chi connectivity index (χ3n) is 6.34. The van der Waals surface area contributed by atoms with Gasteiger partial charge in [-0.1, -0.05) is 19.1 Å². The van der Waals surface area contributed by atoms with Crippen molar-refractivity contribution in [2.45, 2.75) is 26.7 Å². The van der Waals surface area contributed by atoms with Crippen LogP contribution in [0.25, 0.3) is 16.9 Å². The van der Waals surface area contributed by atoms with Gasteiger partial charge in [0.25, 0.3) is 5.91 Å². The highest BCUT2D eigenvalue weighted by Gasteiger charge is 2.28. The summed E-state index contributed by atoms with van der Waals surface area (Å²) in [7, 11) is 1.60. The molecule has 4 rings (SSSR count). The maximum Gasteiger partial charge on any atom is 0.255 e. The van der Waals surface area contributed by atoms with E-state index in [2.05, 4.69) is 0 Å². The molecule has 0 bridgehead atoms. The summed E-state index contributed by atoms with van der Waals surface area (Å²) in [5.74, 6) is 0.387. The number of rotatable bonds is 6. The van der Waals surface area contributed by atoms with Crippen LogP contribution in [0.4, 0.5) is 4.39 Å². The molecular weight excluding hydrogens is 433 g/mol. The molecule has 0 N–H and O–H groups in total. The molecule has 2 heterocycles. The first-order valence-electron chi connectivity index (χ1n) is 11.6. The number of carbonyl (C=O) groups excluding carboxylic acids is 2.